The highest BCUT2D eigenvalue weighted by atomic mass is 35.5. The van der Waals surface area contributed by atoms with Crippen molar-refractivity contribution in [2.45, 2.75) is 12.8 Å². The number of nitrogens with zero attached hydrogens (tertiary/aromatic N) is 3. The van der Waals surface area contributed by atoms with Gasteiger partial charge in [-0.05, 0) is 12.8 Å². The number of nitrogens with one attached hydrogen (secondary N) is 1. The molecule has 0 aliphatic heterocycles. The lowest BCUT2D eigenvalue weighted by Crippen LogP contribution is -2.14. The Labute approximate surface area is 123 Å². The van der Waals surface area contributed by atoms with Gasteiger partial charge in [-0.3, -0.25) is 9.78 Å². The molecule has 8 heteroatoms. The third kappa shape index (κ3) is 2.82. The summed E-state index contributed by atoms with van der Waals surface area (Å²) in [4.78, 5) is 22.8. The van der Waals surface area contributed by atoms with Gasteiger partial charge in [-0.2, -0.15) is 0 Å². The van der Waals surface area contributed by atoms with Crippen molar-refractivity contribution in [3.05, 3.63) is 35.4 Å². The number of halogens is 3. The minimum absolute atomic E-state index is 0.000314. The van der Waals surface area contributed by atoms with Crippen molar-refractivity contribution in [2.75, 3.05) is 5.32 Å². The van der Waals surface area contributed by atoms with Gasteiger partial charge in [0.2, 0.25) is 5.91 Å². The van der Waals surface area contributed by atoms with Gasteiger partial charge in [-0.15, -0.1) is 0 Å². The van der Waals surface area contributed by atoms with Crippen LogP contribution in [0.2, 0.25) is 5.15 Å². The van der Waals surface area contributed by atoms with Gasteiger partial charge in [0.15, 0.2) is 22.6 Å². The van der Waals surface area contributed by atoms with Crippen LogP contribution in [-0.2, 0) is 4.79 Å². The molecule has 0 bridgehead atoms. The summed E-state index contributed by atoms with van der Waals surface area (Å²) < 4.78 is 27.3. The summed E-state index contributed by atoms with van der Waals surface area (Å²) in [6.45, 7) is 0. The molecule has 2 aromatic rings. The van der Waals surface area contributed by atoms with Gasteiger partial charge < -0.3 is 5.32 Å². The Hall–Kier alpha value is -2.15. The molecule has 0 aromatic carbocycles. The summed E-state index contributed by atoms with van der Waals surface area (Å²) in [5.41, 5.74) is -0.541. The normalized spacial score (nSPS) is 14.0. The van der Waals surface area contributed by atoms with E-state index in [0.717, 1.165) is 25.2 Å². The van der Waals surface area contributed by atoms with Crippen LogP contribution >= 0.6 is 11.6 Å². The van der Waals surface area contributed by atoms with E-state index < -0.39 is 17.2 Å². The van der Waals surface area contributed by atoms with E-state index in [2.05, 4.69) is 20.3 Å². The molecule has 2 aromatic heterocycles. The van der Waals surface area contributed by atoms with E-state index in [1.54, 1.807) is 0 Å². The van der Waals surface area contributed by atoms with Crippen LogP contribution in [0.1, 0.15) is 12.8 Å². The van der Waals surface area contributed by atoms with Gasteiger partial charge in [-0.25, -0.2) is 18.7 Å². The van der Waals surface area contributed by atoms with Crippen LogP contribution in [0.5, 0.6) is 0 Å². The first-order valence-electron chi connectivity index (χ1n) is 6.19. The number of hydrogen-bond donors (Lipinski definition) is 1. The van der Waals surface area contributed by atoms with Crippen molar-refractivity contribution < 1.29 is 13.6 Å². The van der Waals surface area contributed by atoms with E-state index in [0.29, 0.717) is 0 Å². The third-order valence-electron chi connectivity index (χ3n) is 3.02. The van der Waals surface area contributed by atoms with Gasteiger partial charge in [0.25, 0.3) is 0 Å². The van der Waals surface area contributed by atoms with Gasteiger partial charge in [0.1, 0.15) is 5.69 Å². The average molecular weight is 311 g/mol. The summed E-state index contributed by atoms with van der Waals surface area (Å²) >= 11 is 5.91. The molecule has 2 heterocycles. The lowest BCUT2D eigenvalue weighted by Gasteiger charge is -2.08. The molecule has 0 spiro atoms. The molecule has 5 nitrogen and oxygen atoms in total. The van der Waals surface area contributed by atoms with Crippen molar-refractivity contribution >= 4 is 23.3 Å². The Morgan fingerprint density at radius 2 is 1.90 bits per heavy atom. The minimum Gasteiger partial charge on any atom is -0.309 e. The van der Waals surface area contributed by atoms with Crippen LogP contribution in [0.15, 0.2) is 18.6 Å². The summed E-state index contributed by atoms with van der Waals surface area (Å²) in [5.74, 6) is -1.79. The second-order valence-electron chi connectivity index (χ2n) is 4.64. The maximum atomic E-state index is 13.6. The zero-order chi connectivity index (χ0) is 15.0. The molecule has 3 rings (SSSR count). The predicted octanol–water partition coefficient (Wildman–Crippen LogP) is 2.82. The van der Waals surface area contributed by atoms with E-state index in [9.17, 15) is 13.6 Å². The Morgan fingerprint density at radius 1 is 1.24 bits per heavy atom. The molecule has 0 radical (unpaired) electrons. The van der Waals surface area contributed by atoms with Gasteiger partial charge in [0.05, 0.1) is 24.2 Å². The highest BCUT2D eigenvalue weighted by molar-refractivity contribution is 6.32. The maximum Gasteiger partial charge on any atom is 0.228 e. The van der Waals surface area contributed by atoms with Crippen LogP contribution in [0.3, 0.4) is 0 Å². The molecule has 1 N–H and O–H groups in total. The molecule has 21 heavy (non-hydrogen) atoms. The molecule has 1 fully saturated rings. The van der Waals surface area contributed by atoms with E-state index in [1.165, 1.54) is 6.20 Å². The zero-order valence-electron chi connectivity index (χ0n) is 10.6. The summed E-state index contributed by atoms with van der Waals surface area (Å²) in [6.07, 6.45) is 4.62. The molecule has 0 unspecified atom stereocenters. The minimum atomic E-state index is -0.888. The maximum absolute atomic E-state index is 13.6. The van der Waals surface area contributed by atoms with Crippen molar-refractivity contribution in [3.8, 4) is 11.3 Å². The number of carbonyl (C=O) groups is 1. The van der Waals surface area contributed by atoms with Gasteiger partial charge in [0, 0.05) is 5.92 Å². The number of aromatic nitrogens is 3. The van der Waals surface area contributed by atoms with Crippen molar-refractivity contribution in [1.82, 2.24) is 15.0 Å². The summed E-state index contributed by atoms with van der Waals surface area (Å²) in [6, 6.07) is 0. The van der Waals surface area contributed by atoms with Crippen molar-refractivity contribution in [1.29, 1.82) is 0 Å². The lowest BCUT2D eigenvalue weighted by atomic mass is 10.2. The summed E-state index contributed by atoms with van der Waals surface area (Å²) in [7, 11) is 0. The van der Waals surface area contributed by atoms with Gasteiger partial charge in [-0.1, -0.05) is 11.6 Å². The largest absolute Gasteiger partial charge is 0.309 e. The van der Waals surface area contributed by atoms with E-state index in [-0.39, 0.29) is 28.5 Å². The number of hydrogen-bond acceptors (Lipinski definition) is 4. The quantitative estimate of drug-likeness (QED) is 0.946. The Kier molecular flexibility index (Phi) is 3.50. The van der Waals surface area contributed by atoms with E-state index >= 15 is 0 Å². The SMILES string of the molecule is O=C(Nc1cnc(-c2c(F)cncc2F)c(Cl)n1)C1CC1. The predicted molar refractivity (Wildman–Crippen MR) is 71.5 cm³/mol. The fourth-order valence-electron chi connectivity index (χ4n) is 1.81. The first kappa shape index (κ1) is 13.8. The first-order valence-corrected chi connectivity index (χ1v) is 6.57. The van der Waals surface area contributed by atoms with Crippen LogP contribution in [0, 0.1) is 17.6 Å². The van der Waals surface area contributed by atoms with Crippen LogP contribution in [0.4, 0.5) is 14.6 Å². The van der Waals surface area contributed by atoms with E-state index in [4.69, 9.17) is 11.6 Å². The fourth-order valence-corrected chi connectivity index (χ4v) is 2.04. The number of anilines is 1. The second kappa shape index (κ2) is 5.33. The zero-order valence-corrected chi connectivity index (χ0v) is 11.4. The fraction of sp³-hybridized carbons (Fsp3) is 0.231. The lowest BCUT2D eigenvalue weighted by molar-refractivity contribution is -0.117. The number of carbonyl (C=O) groups excluding carboxylic acids is 1. The highest BCUT2D eigenvalue weighted by Gasteiger charge is 2.30. The van der Waals surface area contributed by atoms with Crippen LogP contribution < -0.4 is 5.32 Å². The highest BCUT2D eigenvalue weighted by Crippen LogP contribution is 2.31. The van der Waals surface area contributed by atoms with Crippen LogP contribution in [0.25, 0.3) is 11.3 Å². The first-order chi connectivity index (χ1) is 10.1. The molecule has 1 amide bonds. The van der Waals surface area contributed by atoms with Crippen molar-refractivity contribution in [3.63, 3.8) is 0 Å². The summed E-state index contributed by atoms with van der Waals surface area (Å²) in [5, 5.41) is 2.35. The Balaban J connectivity index is 1.92. The molecule has 108 valence electrons. The smallest absolute Gasteiger partial charge is 0.228 e. The van der Waals surface area contributed by atoms with E-state index in [1.807, 2.05) is 0 Å². The Morgan fingerprint density at radius 3 is 2.48 bits per heavy atom. The average Bonchev–Trinajstić information content (AvgIpc) is 3.25. The standard InChI is InChI=1S/C13H9ClF2N4O/c14-12-11(10-7(15)3-17-4-8(10)16)18-5-9(19-12)20-13(21)6-1-2-6/h3-6H,1-2H2,(H,19,20,21). The van der Waals surface area contributed by atoms with Gasteiger partial charge >= 0.3 is 0 Å². The molecule has 1 saturated carbocycles. The molecular formula is C13H9ClF2N4O. The molecule has 1 aliphatic carbocycles. The monoisotopic (exact) mass is 310 g/mol. The molecule has 0 saturated heterocycles. The number of rotatable bonds is 3. The second-order valence-corrected chi connectivity index (χ2v) is 4.99. The van der Waals surface area contributed by atoms with Crippen LogP contribution in [-0.4, -0.2) is 20.9 Å². The van der Waals surface area contributed by atoms with Crippen molar-refractivity contribution in [2.24, 2.45) is 5.92 Å². The third-order valence-corrected chi connectivity index (χ3v) is 3.28. The Bertz CT molecular complexity index is 701. The number of amides is 1. The molecular weight excluding hydrogens is 302 g/mol. The molecule has 0 atom stereocenters. The molecule has 1 aliphatic rings. The number of pyridine rings is 1. The topological polar surface area (TPSA) is 67.8 Å².